The van der Waals surface area contributed by atoms with E-state index in [4.69, 9.17) is 0 Å². The summed E-state index contributed by atoms with van der Waals surface area (Å²) in [7, 11) is 0. The quantitative estimate of drug-likeness (QED) is 0.800. The zero-order valence-corrected chi connectivity index (χ0v) is 14.8. The fourth-order valence-corrected chi connectivity index (χ4v) is 5.16. The van der Waals surface area contributed by atoms with Crippen molar-refractivity contribution in [3.63, 3.8) is 0 Å². The van der Waals surface area contributed by atoms with Crippen LogP contribution in [0.15, 0.2) is 0 Å². The van der Waals surface area contributed by atoms with Crippen LogP contribution in [0.2, 0.25) is 0 Å². The molecule has 2 fully saturated rings. The normalized spacial score (nSPS) is 29.7. The van der Waals surface area contributed by atoms with Gasteiger partial charge in [-0.25, -0.2) is 0 Å². The van der Waals surface area contributed by atoms with Crippen LogP contribution in [-0.2, 0) is 0 Å². The van der Waals surface area contributed by atoms with E-state index in [1.807, 2.05) is 0 Å². The fourth-order valence-electron chi connectivity index (χ4n) is 4.16. The molecule has 0 bridgehead atoms. The maximum absolute atomic E-state index is 3.87. The van der Waals surface area contributed by atoms with Gasteiger partial charge in [0.05, 0.1) is 0 Å². The average Bonchev–Trinajstić information content (AvgIpc) is 2.96. The van der Waals surface area contributed by atoms with Crippen LogP contribution >= 0.6 is 11.8 Å². The number of rotatable bonds is 6. The van der Waals surface area contributed by atoms with Gasteiger partial charge in [0, 0.05) is 36.0 Å². The molecule has 2 nitrogen and oxygen atoms in total. The first-order valence-electron chi connectivity index (χ1n) is 8.67. The lowest BCUT2D eigenvalue weighted by Crippen LogP contribution is -2.65. The van der Waals surface area contributed by atoms with Crippen molar-refractivity contribution < 1.29 is 0 Å². The Kier molecular flexibility index (Phi) is 5.84. The van der Waals surface area contributed by atoms with Crippen LogP contribution in [0.25, 0.3) is 0 Å². The Bertz CT molecular complexity index is 295. The van der Waals surface area contributed by atoms with Gasteiger partial charge in [-0.1, -0.05) is 33.6 Å². The molecule has 0 amide bonds. The second kappa shape index (κ2) is 7.02. The highest BCUT2D eigenvalue weighted by Gasteiger charge is 2.41. The van der Waals surface area contributed by atoms with Crippen LogP contribution in [0.5, 0.6) is 0 Å². The van der Waals surface area contributed by atoms with E-state index in [-0.39, 0.29) is 0 Å². The lowest BCUT2D eigenvalue weighted by atomic mass is 9.87. The third-order valence-electron chi connectivity index (χ3n) is 6.00. The summed E-state index contributed by atoms with van der Waals surface area (Å²) in [5, 5.41) is 3.87. The molecule has 0 aromatic carbocycles. The van der Waals surface area contributed by atoms with E-state index in [1.165, 1.54) is 64.6 Å². The first-order chi connectivity index (χ1) is 9.62. The van der Waals surface area contributed by atoms with Crippen molar-refractivity contribution in [2.75, 3.05) is 25.9 Å². The molecule has 0 radical (unpaired) electrons. The van der Waals surface area contributed by atoms with Gasteiger partial charge in [-0.05, 0) is 38.4 Å². The van der Waals surface area contributed by atoms with Crippen LogP contribution in [-0.4, -0.2) is 47.1 Å². The molecular weight excluding hydrogens is 264 g/mol. The highest BCUT2D eigenvalue weighted by atomic mass is 32.2. The van der Waals surface area contributed by atoms with Gasteiger partial charge in [-0.3, -0.25) is 4.90 Å². The summed E-state index contributed by atoms with van der Waals surface area (Å²) in [4.78, 5) is 2.84. The molecule has 0 aromatic rings. The molecular formula is C17H34N2S. The Morgan fingerprint density at radius 3 is 2.30 bits per heavy atom. The second-order valence-corrected chi connectivity index (χ2v) is 8.20. The molecule has 1 saturated heterocycles. The van der Waals surface area contributed by atoms with Gasteiger partial charge in [0.1, 0.15) is 0 Å². The van der Waals surface area contributed by atoms with E-state index in [0.717, 1.165) is 6.04 Å². The predicted molar refractivity (Wildman–Crippen MR) is 91.7 cm³/mol. The minimum Gasteiger partial charge on any atom is -0.308 e. The smallest absolute Gasteiger partial charge is 0.0304 e. The predicted octanol–water partition coefficient (Wildman–Crippen LogP) is 3.90. The van der Waals surface area contributed by atoms with Gasteiger partial charge in [-0.2, -0.15) is 11.8 Å². The van der Waals surface area contributed by atoms with E-state index < -0.39 is 0 Å². The number of hydrogen-bond donors (Lipinski definition) is 1. The Balaban J connectivity index is 2.08. The molecule has 2 aliphatic rings. The molecule has 1 aliphatic carbocycles. The third kappa shape index (κ3) is 3.36. The van der Waals surface area contributed by atoms with Gasteiger partial charge in [0.15, 0.2) is 0 Å². The summed E-state index contributed by atoms with van der Waals surface area (Å²) in [5.41, 5.74) is 0.365. The molecule has 1 unspecified atom stereocenters. The Labute approximate surface area is 130 Å². The van der Waals surface area contributed by atoms with Crippen molar-refractivity contribution in [1.82, 2.24) is 10.2 Å². The lowest BCUT2D eigenvalue weighted by molar-refractivity contribution is 0.0625. The first kappa shape index (κ1) is 16.6. The second-order valence-electron chi connectivity index (χ2n) is 6.93. The summed E-state index contributed by atoms with van der Waals surface area (Å²) in [6, 6.07) is 0.742. The minimum atomic E-state index is 0.365. The van der Waals surface area contributed by atoms with E-state index in [1.54, 1.807) is 0 Å². The SMILES string of the molecule is CCC1CNC(CC)(CC)CN1CC1(SC)CCCC1. The van der Waals surface area contributed by atoms with E-state index in [2.05, 4.69) is 49.0 Å². The van der Waals surface area contributed by atoms with Gasteiger partial charge in [0.2, 0.25) is 0 Å². The molecule has 1 saturated carbocycles. The van der Waals surface area contributed by atoms with Gasteiger partial charge < -0.3 is 5.32 Å². The highest BCUT2D eigenvalue weighted by molar-refractivity contribution is 8.00. The maximum Gasteiger partial charge on any atom is 0.0304 e. The standard InChI is InChI=1S/C17H34N2S/c1-5-15-12-18-16(6-2,7-3)13-19(15)14-17(20-4)10-8-9-11-17/h15,18H,5-14H2,1-4H3. The Morgan fingerprint density at radius 2 is 1.80 bits per heavy atom. The van der Waals surface area contributed by atoms with Gasteiger partial charge in [0.25, 0.3) is 0 Å². The molecule has 1 atom stereocenters. The van der Waals surface area contributed by atoms with E-state index in [9.17, 15) is 0 Å². The van der Waals surface area contributed by atoms with Crippen molar-refractivity contribution >= 4 is 11.8 Å². The van der Waals surface area contributed by atoms with Crippen molar-refractivity contribution in [2.24, 2.45) is 0 Å². The molecule has 0 aromatic heterocycles. The summed E-state index contributed by atoms with van der Waals surface area (Å²) >= 11 is 2.14. The molecule has 118 valence electrons. The summed E-state index contributed by atoms with van der Waals surface area (Å²) in [5.74, 6) is 0. The van der Waals surface area contributed by atoms with Crippen LogP contribution in [0.3, 0.4) is 0 Å². The Hall–Kier alpha value is 0.270. The van der Waals surface area contributed by atoms with Gasteiger partial charge in [-0.15, -0.1) is 0 Å². The zero-order valence-electron chi connectivity index (χ0n) is 14.0. The average molecular weight is 299 g/mol. The van der Waals surface area contributed by atoms with E-state index >= 15 is 0 Å². The van der Waals surface area contributed by atoms with Crippen molar-refractivity contribution in [3.8, 4) is 0 Å². The molecule has 1 aliphatic heterocycles. The first-order valence-corrected chi connectivity index (χ1v) is 9.89. The van der Waals surface area contributed by atoms with E-state index in [0.29, 0.717) is 10.3 Å². The number of piperazine rings is 1. The molecule has 0 spiro atoms. The minimum absolute atomic E-state index is 0.365. The topological polar surface area (TPSA) is 15.3 Å². The van der Waals surface area contributed by atoms with Crippen LogP contribution in [0.1, 0.15) is 65.7 Å². The monoisotopic (exact) mass is 298 g/mol. The lowest BCUT2D eigenvalue weighted by Gasteiger charge is -2.49. The fraction of sp³-hybridized carbons (Fsp3) is 1.00. The summed E-state index contributed by atoms with van der Waals surface area (Å²) in [6.45, 7) is 10.8. The Morgan fingerprint density at radius 1 is 1.15 bits per heavy atom. The van der Waals surface area contributed by atoms with Gasteiger partial charge >= 0.3 is 0 Å². The molecule has 3 heteroatoms. The summed E-state index contributed by atoms with van der Waals surface area (Å²) in [6.07, 6.45) is 11.9. The number of hydrogen-bond acceptors (Lipinski definition) is 3. The highest BCUT2D eigenvalue weighted by Crippen LogP contribution is 2.42. The largest absolute Gasteiger partial charge is 0.308 e. The molecule has 1 N–H and O–H groups in total. The number of nitrogens with one attached hydrogen (secondary N) is 1. The molecule has 1 heterocycles. The van der Waals surface area contributed by atoms with Crippen molar-refractivity contribution in [1.29, 1.82) is 0 Å². The number of nitrogens with zero attached hydrogens (tertiary/aromatic N) is 1. The van der Waals surface area contributed by atoms with Crippen LogP contribution < -0.4 is 5.32 Å². The summed E-state index contributed by atoms with van der Waals surface area (Å²) < 4.78 is 0.554. The van der Waals surface area contributed by atoms with Crippen molar-refractivity contribution in [2.45, 2.75) is 82.0 Å². The molecule has 2 rings (SSSR count). The maximum atomic E-state index is 3.87. The third-order valence-corrected chi connectivity index (χ3v) is 7.40. The van der Waals surface area contributed by atoms with Crippen LogP contribution in [0.4, 0.5) is 0 Å². The van der Waals surface area contributed by atoms with Crippen LogP contribution in [0, 0.1) is 0 Å². The number of thioether (sulfide) groups is 1. The zero-order chi connectivity index (χ0) is 14.6. The molecule has 20 heavy (non-hydrogen) atoms. The van der Waals surface area contributed by atoms with Crippen molar-refractivity contribution in [3.05, 3.63) is 0 Å².